The fourth-order valence-corrected chi connectivity index (χ4v) is 3.03. The summed E-state index contributed by atoms with van der Waals surface area (Å²) >= 11 is 8.38. The molecule has 0 bridgehead atoms. The number of anilines is 1. The SMILES string of the molecule is Cc1nn(-c2ccc(C(=O)Nc3ccccc3I)cc2)c(C)c1Cl. The smallest absolute Gasteiger partial charge is 0.255 e. The van der Waals surface area contributed by atoms with Gasteiger partial charge in [-0.05, 0) is 72.8 Å². The molecule has 0 saturated heterocycles. The lowest BCUT2D eigenvalue weighted by Crippen LogP contribution is -2.13. The Kier molecular flexibility index (Phi) is 4.91. The van der Waals surface area contributed by atoms with Gasteiger partial charge in [-0.25, -0.2) is 4.68 Å². The van der Waals surface area contributed by atoms with Crippen LogP contribution in [0, 0.1) is 17.4 Å². The number of carbonyl (C=O) groups is 1. The Labute approximate surface area is 159 Å². The highest BCUT2D eigenvalue weighted by atomic mass is 127. The normalized spacial score (nSPS) is 10.7. The first-order valence-corrected chi connectivity index (χ1v) is 8.81. The number of carbonyl (C=O) groups excluding carboxylic acids is 1. The van der Waals surface area contributed by atoms with Crippen LogP contribution in [0.4, 0.5) is 5.69 Å². The van der Waals surface area contributed by atoms with Crippen LogP contribution in [0.5, 0.6) is 0 Å². The molecular weight excluding hydrogens is 437 g/mol. The zero-order valence-corrected chi connectivity index (χ0v) is 16.1. The van der Waals surface area contributed by atoms with Crippen molar-refractivity contribution in [3.05, 3.63) is 74.1 Å². The second kappa shape index (κ2) is 6.94. The monoisotopic (exact) mass is 451 g/mol. The van der Waals surface area contributed by atoms with Gasteiger partial charge in [-0.1, -0.05) is 23.7 Å². The number of para-hydroxylation sites is 1. The van der Waals surface area contributed by atoms with E-state index in [2.05, 4.69) is 33.0 Å². The van der Waals surface area contributed by atoms with Gasteiger partial charge in [0.2, 0.25) is 0 Å². The van der Waals surface area contributed by atoms with Crippen molar-refractivity contribution in [2.45, 2.75) is 13.8 Å². The number of aryl methyl sites for hydroxylation is 1. The Hall–Kier alpha value is -1.86. The van der Waals surface area contributed by atoms with Crippen molar-refractivity contribution >= 4 is 45.8 Å². The van der Waals surface area contributed by atoms with E-state index < -0.39 is 0 Å². The summed E-state index contributed by atoms with van der Waals surface area (Å²) < 4.78 is 2.77. The van der Waals surface area contributed by atoms with Gasteiger partial charge in [0.15, 0.2) is 0 Å². The molecule has 2 aromatic carbocycles. The first-order chi connectivity index (χ1) is 11.5. The molecule has 0 spiro atoms. The molecule has 0 aliphatic rings. The van der Waals surface area contributed by atoms with E-state index in [-0.39, 0.29) is 5.91 Å². The predicted octanol–water partition coefficient (Wildman–Crippen LogP) is 5.00. The minimum atomic E-state index is -0.142. The minimum Gasteiger partial charge on any atom is -0.321 e. The van der Waals surface area contributed by atoms with Crippen molar-refractivity contribution in [1.82, 2.24) is 9.78 Å². The maximum absolute atomic E-state index is 12.4. The van der Waals surface area contributed by atoms with Crippen LogP contribution < -0.4 is 5.32 Å². The Bertz CT molecular complexity index is 903. The van der Waals surface area contributed by atoms with Crippen molar-refractivity contribution in [2.24, 2.45) is 0 Å². The fourth-order valence-electron chi connectivity index (χ4n) is 2.39. The van der Waals surface area contributed by atoms with Crippen molar-refractivity contribution < 1.29 is 4.79 Å². The number of nitrogens with one attached hydrogen (secondary N) is 1. The number of rotatable bonds is 3. The summed E-state index contributed by atoms with van der Waals surface area (Å²) in [6, 6.07) is 15.0. The molecule has 0 aliphatic heterocycles. The number of hydrogen-bond donors (Lipinski definition) is 1. The van der Waals surface area contributed by atoms with Gasteiger partial charge in [-0.15, -0.1) is 0 Å². The summed E-state index contributed by atoms with van der Waals surface area (Å²) in [4.78, 5) is 12.4. The van der Waals surface area contributed by atoms with Gasteiger partial charge in [-0.2, -0.15) is 5.10 Å². The van der Waals surface area contributed by atoms with Crippen molar-refractivity contribution in [2.75, 3.05) is 5.32 Å². The zero-order valence-electron chi connectivity index (χ0n) is 13.2. The summed E-state index contributed by atoms with van der Waals surface area (Å²) in [5.74, 6) is -0.142. The topological polar surface area (TPSA) is 46.9 Å². The molecular formula is C18H15ClIN3O. The molecule has 0 unspecified atom stereocenters. The van der Waals surface area contributed by atoms with Crippen molar-refractivity contribution in [3.63, 3.8) is 0 Å². The molecule has 0 fully saturated rings. The largest absolute Gasteiger partial charge is 0.321 e. The maximum atomic E-state index is 12.4. The highest BCUT2D eigenvalue weighted by Crippen LogP contribution is 2.23. The number of hydrogen-bond acceptors (Lipinski definition) is 2. The third-order valence-corrected chi connectivity index (χ3v) is 5.19. The molecule has 0 atom stereocenters. The van der Waals surface area contributed by atoms with Crippen molar-refractivity contribution in [1.29, 1.82) is 0 Å². The lowest BCUT2D eigenvalue weighted by Gasteiger charge is -2.09. The Morgan fingerprint density at radius 2 is 1.79 bits per heavy atom. The molecule has 1 amide bonds. The Morgan fingerprint density at radius 3 is 2.38 bits per heavy atom. The summed E-state index contributed by atoms with van der Waals surface area (Å²) in [5.41, 5.74) is 3.93. The van der Waals surface area contributed by atoms with Gasteiger partial charge in [-0.3, -0.25) is 4.79 Å². The highest BCUT2D eigenvalue weighted by Gasteiger charge is 2.12. The third-order valence-electron chi connectivity index (χ3n) is 3.70. The summed E-state index contributed by atoms with van der Waals surface area (Å²) in [7, 11) is 0. The van der Waals surface area contributed by atoms with Crippen LogP contribution in [0.2, 0.25) is 5.02 Å². The first kappa shape index (κ1) is 17.0. The van der Waals surface area contributed by atoms with Crippen LogP contribution in [0.15, 0.2) is 48.5 Å². The number of benzene rings is 2. The van der Waals surface area contributed by atoms with E-state index in [1.165, 1.54) is 0 Å². The van der Waals surface area contributed by atoms with Crippen LogP contribution in [0.1, 0.15) is 21.7 Å². The van der Waals surface area contributed by atoms with Gasteiger partial charge in [0, 0.05) is 9.13 Å². The van der Waals surface area contributed by atoms with Gasteiger partial charge >= 0.3 is 0 Å². The molecule has 3 rings (SSSR count). The molecule has 0 saturated carbocycles. The van der Waals surface area contributed by atoms with Crippen LogP contribution in [0.3, 0.4) is 0 Å². The molecule has 0 radical (unpaired) electrons. The maximum Gasteiger partial charge on any atom is 0.255 e. The van der Waals surface area contributed by atoms with E-state index in [1.807, 2.05) is 50.2 Å². The second-order valence-corrected chi connectivity index (χ2v) is 6.92. The Balaban J connectivity index is 1.83. The average Bonchev–Trinajstić information content (AvgIpc) is 2.84. The van der Waals surface area contributed by atoms with Gasteiger partial charge in [0.25, 0.3) is 5.91 Å². The van der Waals surface area contributed by atoms with Crippen LogP contribution in [0.25, 0.3) is 5.69 Å². The highest BCUT2D eigenvalue weighted by molar-refractivity contribution is 14.1. The van der Waals surface area contributed by atoms with Crippen molar-refractivity contribution in [3.8, 4) is 5.69 Å². The lowest BCUT2D eigenvalue weighted by molar-refractivity contribution is 0.102. The number of nitrogens with zero attached hydrogens (tertiary/aromatic N) is 2. The van der Waals surface area contributed by atoms with Gasteiger partial charge < -0.3 is 5.32 Å². The molecule has 6 heteroatoms. The first-order valence-electron chi connectivity index (χ1n) is 7.35. The van der Waals surface area contributed by atoms with Gasteiger partial charge in [0.05, 0.1) is 27.8 Å². The predicted molar refractivity (Wildman–Crippen MR) is 105 cm³/mol. The summed E-state index contributed by atoms with van der Waals surface area (Å²) in [6.07, 6.45) is 0. The summed E-state index contributed by atoms with van der Waals surface area (Å²) in [6.45, 7) is 3.79. The third kappa shape index (κ3) is 3.32. The van der Waals surface area contributed by atoms with E-state index in [0.717, 1.165) is 26.3 Å². The lowest BCUT2D eigenvalue weighted by atomic mass is 10.2. The zero-order chi connectivity index (χ0) is 17.3. The van der Waals surface area contributed by atoms with Crippen LogP contribution >= 0.6 is 34.2 Å². The van der Waals surface area contributed by atoms with E-state index in [0.29, 0.717) is 10.6 Å². The molecule has 1 aromatic heterocycles. The average molecular weight is 452 g/mol. The molecule has 4 nitrogen and oxygen atoms in total. The fraction of sp³-hybridized carbons (Fsp3) is 0.111. The molecule has 24 heavy (non-hydrogen) atoms. The van der Waals surface area contributed by atoms with E-state index in [1.54, 1.807) is 16.8 Å². The second-order valence-electron chi connectivity index (χ2n) is 5.38. The van der Waals surface area contributed by atoms with E-state index >= 15 is 0 Å². The number of aromatic nitrogens is 2. The number of amides is 1. The standard InChI is InChI=1S/C18H15ClIN3O/c1-11-17(19)12(2)23(22-11)14-9-7-13(8-10-14)18(24)21-16-6-4-3-5-15(16)20/h3-10H,1-2H3,(H,21,24). The van der Waals surface area contributed by atoms with Gasteiger partial charge in [0.1, 0.15) is 0 Å². The quantitative estimate of drug-likeness (QED) is 0.570. The Morgan fingerprint density at radius 1 is 1.12 bits per heavy atom. The van der Waals surface area contributed by atoms with E-state index in [4.69, 9.17) is 11.6 Å². The molecule has 3 aromatic rings. The van der Waals surface area contributed by atoms with E-state index in [9.17, 15) is 4.79 Å². The van der Waals surface area contributed by atoms with Crippen LogP contribution in [-0.2, 0) is 0 Å². The molecule has 0 aliphatic carbocycles. The number of halogens is 2. The summed E-state index contributed by atoms with van der Waals surface area (Å²) in [5, 5.41) is 8.00. The molecule has 1 N–H and O–H groups in total. The molecule has 122 valence electrons. The minimum absolute atomic E-state index is 0.142. The van der Waals surface area contributed by atoms with Crippen LogP contribution in [-0.4, -0.2) is 15.7 Å². The molecule has 1 heterocycles.